The number of benzene rings is 1. The Kier molecular flexibility index (Phi) is 6.48. The molecule has 0 bridgehead atoms. The van der Waals surface area contributed by atoms with Crippen LogP contribution >= 0.6 is 15.9 Å². The van der Waals surface area contributed by atoms with E-state index in [9.17, 15) is 4.79 Å². The molecule has 3 rings (SSSR count). The largest absolute Gasteiger partial charge is 0.315 e. The Labute approximate surface area is 163 Å². The van der Waals surface area contributed by atoms with Crippen molar-refractivity contribution in [3.63, 3.8) is 0 Å². The molecule has 142 valence electrons. The van der Waals surface area contributed by atoms with Crippen molar-refractivity contribution in [2.24, 2.45) is 5.92 Å². The van der Waals surface area contributed by atoms with Crippen LogP contribution in [0, 0.1) is 5.92 Å². The van der Waals surface area contributed by atoms with Gasteiger partial charge in [-0.3, -0.25) is 14.3 Å². The van der Waals surface area contributed by atoms with E-state index in [2.05, 4.69) is 40.0 Å². The molecule has 2 heterocycles. The molecule has 1 aliphatic rings. The highest BCUT2D eigenvalue weighted by molar-refractivity contribution is 9.10. The van der Waals surface area contributed by atoms with E-state index in [0.29, 0.717) is 17.8 Å². The van der Waals surface area contributed by atoms with Gasteiger partial charge in [0.25, 0.3) is 5.56 Å². The minimum absolute atomic E-state index is 0.0656. The van der Waals surface area contributed by atoms with Gasteiger partial charge in [-0.05, 0) is 44.0 Å². The molecule has 0 unspecified atom stereocenters. The van der Waals surface area contributed by atoms with E-state index < -0.39 is 0 Å². The summed E-state index contributed by atoms with van der Waals surface area (Å²) in [5.74, 6) is 1.51. The summed E-state index contributed by atoms with van der Waals surface area (Å²) >= 11 is 3.47. The van der Waals surface area contributed by atoms with Crippen LogP contribution in [0.2, 0.25) is 0 Å². The number of hydrogen-bond donors (Lipinski definition) is 1. The molecule has 0 amide bonds. The number of halogens is 1. The van der Waals surface area contributed by atoms with Crippen LogP contribution in [0.5, 0.6) is 0 Å². The lowest BCUT2D eigenvalue weighted by molar-refractivity contribution is 0.169. The van der Waals surface area contributed by atoms with Gasteiger partial charge in [-0.25, -0.2) is 4.98 Å². The van der Waals surface area contributed by atoms with Gasteiger partial charge in [0.15, 0.2) is 0 Å². The number of rotatable bonds is 5. The van der Waals surface area contributed by atoms with Gasteiger partial charge < -0.3 is 5.32 Å². The number of nitrogens with one attached hydrogen (secondary N) is 1. The maximum Gasteiger partial charge on any atom is 0.261 e. The fraction of sp³-hybridized carbons (Fsp3) is 0.600. The molecule has 1 aliphatic heterocycles. The lowest BCUT2D eigenvalue weighted by Crippen LogP contribution is -2.38. The van der Waals surface area contributed by atoms with Gasteiger partial charge in [0.2, 0.25) is 0 Å². The van der Waals surface area contributed by atoms with Crippen LogP contribution in [-0.4, -0.2) is 40.6 Å². The van der Waals surface area contributed by atoms with E-state index in [1.54, 1.807) is 0 Å². The predicted octanol–water partition coefficient (Wildman–Crippen LogP) is 3.56. The first-order valence-corrected chi connectivity index (χ1v) is 10.5. The molecule has 0 aliphatic carbocycles. The second-order valence-corrected chi connectivity index (χ2v) is 8.21. The van der Waals surface area contributed by atoms with Crippen molar-refractivity contribution in [1.82, 2.24) is 19.8 Å². The van der Waals surface area contributed by atoms with Crippen molar-refractivity contribution >= 4 is 26.8 Å². The molecule has 26 heavy (non-hydrogen) atoms. The van der Waals surface area contributed by atoms with Crippen molar-refractivity contribution in [3.05, 3.63) is 38.9 Å². The maximum atomic E-state index is 13.1. The van der Waals surface area contributed by atoms with Crippen LogP contribution in [-0.2, 0) is 6.54 Å². The summed E-state index contributed by atoms with van der Waals surface area (Å²) < 4.78 is 2.79. The minimum atomic E-state index is 0.0656. The van der Waals surface area contributed by atoms with E-state index >= 15 is 0 Å². The number of aromatic nitrogens is 2. The lowest BCUT2D eigenvalue weighted by atomic mass is 10.1. The normalized spacial score (nSPS) is 20.2. The van der Waals surface area contributed by atoms with Crippen LogP contribution in [0.25, 0.3) is 10.9 Å². The molecule has 0 radical (unpaired) electrons. The SMILES string of the molecule is CCC[C@H](c1nc2ccc(Br)cc2c(=O)n1CC)N1CCNC[C@@H](C)C1. The smallest absolute Gasteiger partial charge is 0.261 e. The van der Waals surface area contributed by atoms with E-state index in [1.807, 2.05) is 29.7 Å². The highest BCUT2D eigenvalue weighted by Crippen LogP contribution is 2.27. The Morgan fingerprint density at radius 3 is 2.92 bits per heavy atom. The third-order valence-corrected chi connectivity index (χ3v) is 5.67. The number of hydrogen-bond acceptors (Lipinski definition) is 4. The number of fused-ring (bicyclic) bond motifs is 1. The zero-order valence-corrected chi connectivity index (χ0v) is 17.6. The molecule has 1 saturated heterocycles. The zero-order valence-electron chi connectivity index (χ0n) is 16.0. The Balaban J connectivity index is 2.12. The van der Waals surface area contributed by atoms with E-state index in [1.165, 1.54) is 0 Å². The van der Waals surface area contributed by atoms with Gasteiger partial charge >= 0.3 is 0 Å². The lowest BCUT2D eigenvalue weighted by Gasteiger charge is -2.32. The average Bonchev–Trinajstić information content (AvgIpc) is 2.84. The summed E-state index contributed by atoms with van der Waals surface area (Å²) in [5.41, 5.74) is 0.857. The van der Waals surface area contributed by atoms with Crippen molar-refractivity contribution in [3.8, 4) is 0 Å². The first-order chi connectivity index (χ1) is 12.5. The van der Waals surface area contributed by atoms with Gasteiger partial charge in [0.1, 0.15) is 5.82 Å². The third-order valence-electron chi connectivity index (χ3n) is 5.18. The molecule has 0 saturated carbocycles. The van der Waals surface area contributed by atoms with Crippen LogP contribution in [0.15, 0.2) is 27.5 Å². The second kappa shape index (κ2) is 8.63. The van der Waals surface area contributed by atoms with Gasteiger partial charge in [0.05, 0.1) is 16.9 Å². The first-order valence-electron chi connectivity index (χ1n) is 9.69. The predicted molar refractivity (Wildman–Crippen MR) is 111 cm³/mol. The molecule has 0 spiro atoms. The molecule has 1 N–H and O–H groups in total. The fourth-order valence-corrected chi connectivity index (χ4v) is 4.29. The van der Waals surface area contributed by atoms with Crippen molar-refractivity contribution in [1.29, 1.82) is 0 Å². The molecule has 6 heteroatoms. The Bertz CT molecular complexity index is 819. The summed E-state index contributed by atoms with van der Waals surface area (Å²) in [5, 5.41) is 4.20. The van der Waals surface area contributed by atoms with E-state index in [4.69, 9.17) is 4.98 Å². The van der Waals surface area contributed by atoms with Crippen molar-refractivity contribution in [2.45, 2.75) is 46.2 Å². The summed E-state index contributed by atoms with van der Waals surface area (Å²) in [7, 11) is 0. The minimum Gasteiger partial charge on any atom is -0.315 e. The zero-order chi connectivity index (χ0) is 18.7. The Hall–Kier alpha value is -1.24. The molecule has 2 aromatic rings. The summed E-state index contributed by atoms with van der Waals surface area (Å²) in [6.45, 7) is 11.2. The van der Waals surface area contributed by atoms with Gasteiger partial charge in [0, 0.05) is 30.7 Å². The summed E-state index contributed by atoms with van der Waals surface area (Å²) in [4.78, 5) is 20.6. The summed E-state index contributed by atoms with van der Waals surface area (Å²) in [6.07, 6.45) is 2.09. The monoisotopic (exact) mass is 420 g/mol. The highest BCUT2D eigenvalue weighted by Gasteiger charge is 2.27. The Morgan fingerprint density at radius 1 is 1.38 bits per heavy atom. The van der Waals surface area contributed by atoms with Crippen LogP contribution in [0.1, 0.15) is 45.5 Å². The fourth-order valence-electron chi connectivity index (χ4n) is 3.93. The van der Waals surface area contributed by atoms with Crippen LogP contribution in [0.4, 0.5) is 0 Å². The molecule has 1 aromatic heterocycles. The molecular formula is C20H29BrN4O. The topological polar surface area (TPSA) is 50.2 Å². The third kappa shape index (κ3) is 4.02. The standard InChI is InChI=1S/C20H29BrN4O/c1-4-6-18(24-10-9-22-12-14(3)13-24)19-23-17-8-7-15(21)11-16(17)20(26)25(19)5-2/h7-8,11,14,18,22H,4-6,9-10,12-13H2,1-3H3/t14-,18-/m1/s1. The van der Waals surface area contributed by atoms with Gasteiger partial charge in [-0.1, -0.05) is 36.2 Å². The van der Waals surface area contributed by atoms with Gasteiger partial charge in [-0.15, -0.1) is 0 Å². The molecule has 1 fully saturated rings. The average molecular weight is 421 g/mol. The number of nitrogens with zero attached hydrogens (tertiary/aromatic N) is 3. The van der Waals surface area contributed by atoms with Gasteiger partial charge in [-0.2, -0.15) is 0 Å². The molecular weight excluding hydrogens is 392 g/mol. The van der Waals surface area contributed by atoms with E-state index in [0.717, 1.165) is 54.8 Å². The summed E-state index contributed by atoms with van der Waals surface area (Å²) in [6, 6.07) is 5.97. The van der Waals surface area contributed by atoms with E-state index in [-0.39, 0.29) is 11.6 Å². The second-order valence-electron chi connectivity index (χ2n) is 7.29. The molecule has 2 atom stereocenters. The molecule has 1 aromatic carbocycles. The Morgan fingerprint density at radius 2 is 2.19 bits per heavy atom. The quantitative estimate of drug-likeness (QED) is 0.802. The first kappa shape index (κ1) is 19.5. The van der Waals surface area contributed by atoms with Crippen LogP contribution in [0.3, 0.4) is 0 Å². The highest BCUT2D eigenvalue weighted by atomic mass is 79.9. The maximum absolute atomic E-state index is 13.1. The molecule has 5 nitrogen and oxygen atoms in total. The van der Waals surface area contributed by atoms with Crippen molar-refractivity contribution < 1.29 is 0 Å². The van der Waals surface area contributed by atoms with Crippen LogP contribution < -0.4 is 10.9 Å². The van der Waals surface area contributed by atoms with Crippen molar-refractivity contribution in [2.75, 3.05) is 26.2 Å².